The molecule has 1 aliphatic rings. The number of amides is 3. The topological polar surface area (TPSA) is 119 Å². The molecule has 2 N–H and O–H groups in total. The number of esters is 1. The average molecular weight is 434 g/mol. The lowest BCUT2D eigenvalue weighted by molar-refractivity contribution is -0.123. The van der Waals surface area contributed by atoms with Crippen molar-refractivity contribution in [3.63, 3.8) is 0 Å². The zero-order valence-electron chi connectivity index (χ0n) is 17.7. The first-order chi connectivity index (χ1) is 15.3. The number of aryl methyl sites for hydroxylation is 3. The number of carbonyl (C=O) groups is 3. The number of hydrogen-bond acceptors (Lipinski definition) is 6. The van der Waals surface area contributed by atoms with Crippen molar-refractivity contribution in [1.29, 1.82) is 0 Å². The van der Waals surface area contributed by atoms with E-state index in [9.17, 15) is 19.2 Å². The third-order valence-corrected chi connectivity index (χ3v) is 5.27. The van der Waals surface area contributed by atoms with Crippen molar-refractivity contribution in [2.75, 3.05) is 11.9 Å². The molecule has 0 radical (unpaired) electrons. The van der Waals surface area contributed by atoms with Crippen molar-refractivity contribution >= 4 is 34.5 Å². The molecule has 4 rings (SSSR count). The predicted octanol–water partition coefficient (Wildman–Crippen LogP) is 2.46. The minimum Gasteiger partial charge on any atom is -0.452 e. The number of urea groups is 1. The molecule has 0 atom stereocenters. The van der Waals surface area contributed by atoms with Crippen LogP contribution in [0.5, 0.6) is 0 Å². The number of nitrogens with one attached hydrogen (secondary N) is 2. The molecule has 9 nitrogen and oxygen atoms in total. The lowest BCUT2D eigenvalue weighted by atomic mass is 10.1. The van der Waals surface area contributed by atoms with Crippen molar-refractivity contribution in [1.82, 2.24) is 14.9 Å². The van der Waals surface area contributed by atoms with Crippen LogP contribution in [0.3, 0.4) is 0 Å². The number of benzene rings is 2. The van der Waals surface area contributed by atoms with Gasteiger partial charge in [0.1, 0.15) is 5.82 Å². The maximum atomic E-state index is 12.5. The van der Waals surface area contributed by atoms with E-state index in [0.29, 0.717) is 35.4 Å². The Bertz CT molecular complexity index is 1310. The molecule has 0 aliphatic carbocycles. The van der Waals surface area contributed by atoms with E-state index < -0.39 is 24.5 Å². The molecule has 0 spiro atoms. The number of aromatic nitrogens is 2. The predicted molar refractivity (Wildman–Crippen MR) is 118 cm³/mol. The van der Waals surface area contributed by atoms with E-state index in [1.54, 1.807) is 10.6 Å². The highest BCUT2D eigenvalue weighted by Crippen LogP contribution is 2.17. The Morgan fingerprint density at radius 1 is 1.12 bits per heavy atom. The van der Waals surface area contributed by atoms with Crippen LogP contribution in [-0.4, -0.2) is 34.1 Å². The van der Waals surface area contributed by atoms with Gasteiger partial charge in [-0.2, -0.15) is 0 Å². The Kier molecular flexibility index (Phi) is 5.72. The van der Waals surface area contributed by atoms with Gasteiger partial charge in [0.05, 0.1) is 16.5 Å². The van der Waals surface area contributed by atoms with Crippen LogP contribution in [-0.2, 0) is 22.5 Å². The quantitative estimate of drug-likeness (QED) is 0.609. The molecule has 0 saturated carbocycles. The van der Waals surface area contributed by atoms with E-state index in [4.69, 9.17) is 4.74 Å². The molecule has 32 heavy (non-hydrogen) atoms. The number of carbonyl (C=O) groups excluding carboxylic acids is 3. The molecule has 2 aromatic carbocycles. The summed E-state index contributed by atoms with van der Waals surface area (Å²) in [7, 11) is 0. The Labute approximate surface area is 183 Å². The number of hydrogen-bond donors (Lipinski definition) is 2. The smallest absolute Gasteiger partial charge is 0.338 e. The summed E-state index contributed by atoms with van der Waals surface area (Å²) in [6, 6.07) is 9.23. The molecule has 3 aromatic rings. The molecule has 0 fully saturated rings. The van der Waals surface area contributed by atoms with E-state index in [0.717, 1.165) is 17.5 Å². The molecule has 0 unspecified atom stereocenters. The molecule has 1 aliphatic heterocycles. The summed E-state index contributed by atoms with van der Waals surface area (Å²) in [5.41, 5.74) is 2.93. The first-order valence-electron chi connectivity index (χ1n) is 10.2. The largest absolute Gasteiger partial charge is 0.452 e. The van der Waals surface area contributed by atoms with Gasteiger partial charge >= 0.3 is 12.0 Å². The van der Waals surface area contributed by atoms with Gasteiger partial charge < -0.3 is 10.1 Å². The maximum Gasteiger partial charge on any atom is 0.338 e. The molecule has 1 aromatic heterocycles. The van der Waals surface area contributed by atoms with Gasteiger partial charge in [-0.25, -0.2) is 14.6 Å². The zero-order valence-corrected chi connectivity index (χ0v) is 17.7. The van der Waals surface area contributed by atoms with Crippen molar-refractivity contribution in [2.45, 2.75) is 33.2 Å². The normalized spacial score (nSPS) is 12.3. The zero-order chi connectivity index (χ0) is 22.8. The van der Waals surface area contributed by atoms with Crippen molar-refractivity contribution in [3.8, 4) is 0 Å². The fraction of sp³-hybridized carbons (Fsp3) is 0.261. The fourth-order valence-corrected chi connectivity index (χ4v) is 3.70. The minimum absolute atomic E-state index is 0.128. The highest BCUT2D eigenvalue weighted by Gasteiger charge is 2.18. The summed E-state index contributed by atoms with van der Waals surface area (Å²) < 4.78 is 6.66. The third kappa shape index (κ3) is 4.36. The second-order valence-corrected chi connectivity index (χ2v) is 7.72. The van der Waals surface area contributed by atoms with Crippen LogP contribution in [0.25, 0.3) is 10.9 Å². The van der Waals surface area contributed by atoms with Crippen LogP contribution in [0.4, 0.5) is 10.5 Å². The third-order valence-electron chi connectivity index (χ3n) is 5.27. The van der Waals surface area contributed by atoms with Gasteiger partial charge in [0.15, 0.2) is 6.61 Å². The molecule has 0 bridgehead atoms. The van der Waals surface area contributed by atoms with Gasteiger partial charge in [-0.3, -0.25) is 19.5 Å². The van der Waals surface area contributed by atoms with Gasteiger partial charge in [0.25, 0.3) is 11.5 Å². The van der Waals surface area contributed by atoms with E-state index >= 15 is 0 Å². The summed E-state index contributed by atoms with van der Waals surface area (Å²) in [4.78, 5) is 53.3. The van der Waals surface area contributed by atoms with E-state index in [1.165, 1.54) is 18.2 Å². The summed E-state index contributed by atoms with van der Waals surface area (Å²) in [6.07, 6.45) is 1.57. The molecule has 0 saturated heterocycles. The molecule has 3 amide bonds. The Hall–Kier alpha value is -4.01. The number of anilines is 1. The molecule has 164 valence electrons. The number of ether oxygens (including phenoxy) is 1. The van der Waals surface area contributed by atoms with Gasteiger partial charge in [-0.15, -0.1) is 0 Å². The van der Waals surface area contributed by atoms with Crippen LogP contribution >= 0.6 is 0 Å². The summed E-state index contributed by atoms with van der Waals surface area (Å²) in [6.45, 7) is 3.79. The second kappa shape index (κ2) is 8.62. The van der Waals surface area contributed by atoms with Crippen LogP contribution in [0, 0.1) is 13.8 Å². The number of imide groups is 1. The monoisotopic (exact) mass is 434 g/mol. The molecule has 9 heteroatoms. The van der Waals surface area contributed by atoms with Gasteiger partial charge in [0.2, 0.25) is 0 Å². The number of rotatable bonds is 4. The van der Waals surface area contributed by atoms with Gasteiger partial charge in [0, 0.05) is 18.7 Å². The van der Waals surface area contributed by atoms with Crippen molar-refractivity contribution in [2.24, 2.45) is 0 Å². The van der Waals surface area contributed by atoms with Crippen molar-refractivity contribution in [3.05, 3.63) is 69.3 Å². The fourth-order valence-electron chi connectivity index (χ4n) is 3.70. The lowest BCUT2D eigenvalue weighted by Gasteiger charge is -2.10. The maximum absolute atomic E-state index is 12.5. The van der Waals surface area contributed by atoms with E-state index in [2.05, 4.69) is 15.6 Å². The molecular weight excluding hydrogens is 412 g/mol. The Morgan fingerprint density at radius 3 is 2.72 bits per heavy atom. The number of nitrogens with zero attached hydrogens (tertiary/aromatic N) is 2. The van der Waals surface area contributed by atoms with Crippen LogP contribution in [0.15, 0.2) is 41.2 Å². The summed E-state index contributed by atoms with van der Waals surface area (Å²) in [5.74, 6) is -0.822. The SMILES string of the molecule is Cc1ccc(NC(=O)NC(=O)COC(=O)c2ccc3c(=O)n4c(nc3c2)CCC4)c(C)c1. The Morgan fingerprint density at radius 2 is 1.94 bits per heavy atom. The first kappa shape index (κ1) is 21.2. The van der Waals surface area contributed by atoms with E-state index in [-0.39, 0.29) is 11.1 Å². The van der Waals surface area contributed by atoms with Gasteiger partial charge in [-0.1, -0.05) is 17.7 Å². The number of fused-ring (bicyclic) bond motifs is 2. The minimum atomic E-state index is -0.768. The average Bonchev–Trinajstić information content (AvgIpc) is 3.22. The van der Waals surface area contributed by atoms with Crippen molar-refractivity contribution < 1.29 is 19.1 Å². The van der Waals surface area contributed by atoms with E-state index in [1.807, 2.05) is 26.0 Å². The van der Waals surface area contributed by atoms with Crippen LogP contribution < -0.4 is 16.2 Å². The summed E-state index contributed by atoms with van der Waals surface area (Å²) in [5, 5.41) is 5.13. The highest BCUT2D eigenvalue weighted by molar-refractivity contribution is 6.03. The molecule has 2 heterocycles. The first-order valence-corrected chi connectivity index (χ1v) is 10.2. The lowest BCUT2D eigenvalue weighted by Crippen LogP contribution is -2.37. The van der Waals surface area contributed by atoms with Crippen LogP contribution in [0.2, 0.25) is 0 Å². The Balaban J connectivity index is 1.36. The van der Waals surface area contributed by atoms with Crippen LogP contribution in [0.1, 0.15) is 33.7 Å². The standard InChI is InChI=1S/C23H22N4O5/c1-13-5-8-17(14(2)10-13)25-23(31)26-20(28)12-32-22(30)15-6-7-16-18(11-15)24-19-4-3-9-27(19)21(16)29/h5-8,10-11H,3-4,9,12H2,1-2H3,(H2,25,26,28,31). The molecular formula is C23H22N4O5. The van der Waals surface area contributed by atoms with Gasteiger partial charge in [-0.05, 0) is 50.1 Å². The summed E-state index contributed by atoms with van der Waals surface area (Å²) >= 11 is 0. The second-order valence-electron chi connectivity index (χ2n) is 7.72. The highest BCUT2D eigenvalue weighted by atomic mass is 16.5.